The highest BCUT2D eigenvalue weighted by molar-refractivity contribution is 5.66. The maximum Gasteiger partial charge on any atom is 0.303 e. The topological polar surface area (TPSA) is 77.8 Å². The van der Waals surface area contributed by atoms with E-state index < -0.39 is 5.97 Å². The molecular weight excluding hydrogens is 352 g/mol. The number of fused-ring (bicyclic) bond motifs is 5. The van der Waals surface area contributed by atoms with Crippen LogP contribution in [0.25, 0.3) is 0 Å². The van der Waals surface area contributed by atoms with Crippen LogP contribution in [-0.2, 0) is 4.79 Å². The van der Waals surface area contributed by atoms with Crippen LogP contribution in [0.3, 0.4) is 0 Å². The molecule has 0 aromatic rings. The fourth-order valence-corrected chi connectivity index (χ4v) is 8.81. The first-order chi connectivity index (χ1) is 13.2. The summed E-state index contributed by atoms with van der Waals surface area (Å²) >= 11 is 0. The van der Waals surface area contributed by atoms with Gasteiger partial charge in [-0.1, -0.05) is 20.8 Å². The number of carbonyl (C=O) groups is 1. The summed E-state index contributed by atoms with van der Waals surface area (Å²) in [6.45, 7) is 7.16. The molecule has 4 aliphatic carbocycles. The molecule has 10 atom stereocenters. The van der Waals surface area contributed by atoms with Crippen molar-refractivity contribution >= 4 is 5.97 Å². The molecule has 0 heterocycles. The molecule has 0 aliphatic heterocycles. The van der Waals surface area contributed by atoms with Gasteiger partial charge in [0.05, 0.1) is 12.2 Å². The van der Waals surface area contributed by atoms with E-state index in [0.29, 0.717) is 35.0 Å². The number of aliphatic hydroxyl groups excluding tert-OH is 2. The Hall–Kier alpha value is -0.610. The summed E-state index contributed by atoms with van der Waals surface area (Å²) in [5, 5.41) is 30.4. The second kappa shape index (κ2) is 7.27. The van der Waals surface area contributed by atoms with Crippen LogP contribution in [0.1, 0.15) is 85.0 Å². The summed E-state index contributed by atoms with van der Waals surface area (Å²) in [6, 6.07) is 0. The summed E-state index contributed by atoms with van der Waals surface area (Å²) in [7, 11) is 0. The van der Waals surface area contributed by atoms with Gasteiger partial charge in [-0.15, -0.1) is 0 Å². The van der Waals surface area contributed by atoms with Crippen LogP contribution >= 0.6 is 0 Å². The van der Waals surface area contributed by atoms with Crippen molar-refractivity contribution < 1.29 is 20.1 Å². The lowest BCUT2D eigenvalue weighted by Crippen LogP contribution is -2.58. The zero-order valence-corrected chi connectivity index (χ0v) is 17.9. The van der Waals surface area contributed by atoms with Gasteiger partial charge < -0.3 is 15.3 Å². The van der Waals surface area contributed by atoms with Crippen molar-refractivity contribution in [2.24, 2.45) is 46.3 Å². The van der Waals surface area contributed by atoms with Crippen molar-refractivity contribution in [1.29, 1.82) is 0 Å². The Morgan fingerprint density at radius 2 is 1.64 bits per heavy atom. The van der Waals surface area contributed by atoms with Crippen molar-refractivity contribution in [2.75, 3.05) is 0 Å². The third-order valence-corrected chi connectivity index (χ3v) is 10.2. The Balaban J connectivity index is 1.55. The Bertz CT molecular complexity index is 605. The average Bonchev–Trinajstić information content (AvgIpc) is 2.99. The molecule has 4 rings (SSSR count). The number of aliphatic hydroxyl groups is 2. The molecule has 4 aliphatic rings. The summed E-state index contributed by atoms with van der Waals surface area (Å²) in [5.74, 6) is 2.61. The number of rotatable bonds is 4. The van der Waals surface area contributed by atoms with Crippen LogP contribution in [-0.4, -0.2) is 33.5 Å². The van der Waals surface area contributed by atoms with Crippen LogP contribution in [0.5, 0.6) is 0 Å². The summed E-state index contributed by atoms with van der Waals surface area (Å²) in [4.78, 5) is 11.1. The summed E-state index contributed by atoms with van der Waals surface area (Å²) < 4.78 is 0. The van der Waals surface area contributed by atoms with Gasteiger partial charge in [-0.2, -0.15) is 0 Å². The lowest BCUT2D eigenvalue weighted by Gasteiger charge is -2.62. The molecule has 0 saturated heterocycles. The molecule has 4 heteroatoms. The van der Waals surface area contributed by atoms with E-state index in [1.807, 2.05) is 0 Å². The molecule has 28 heavy (non-hydrogen) atoms. The number of hydrogen-bond donors (Lipinski definition) is 3. The maximum absolute atomic E-state index is 11.1. The predicted molar refractivity (Wildman–Crippen MR) is 109 cm³/mol. The fourth-order valence-electron chi connectivity index (χ4n) is 8.81. The van der Waals surface area contributed by atoms with Crippen LogP contribution in [0.2, 0.25) is 0 Å². The summed E-state index contributed by atoms with van der Waals surface area (Å²) in [6.07, 6.45) is 9.16. The van der Waals surface area contributed by atoms with E-state index in [1.165, 1.54) is 25.7 Å². The first-order valence-electron chi connectivity index (χ1n) is 11.7. The Morgan fingerprint density at radius 1 is 0.964 bits per heavy atom. The standard InChI is InChI=1S/C24H40O4/c1-14(4-7-22(27)28)17-5-6-18-16-13-21(26)20-12-15(25)8-10-24(20,3)19(16)9-11-23(17,18)2/h14-21,25-26H,4-13H2,1-3H3,(H,27,28)/t14-,15+,16+,17-,18+,19+,20-,21-,23-,24-/m1/s1. The monoisotopic (exact) mass is 392 g/mol. The first-order valence-corrected chi connectivity index (χ1v) is 11.7. The van der Waals surface area contributed by atoms with Gasteiger partial charge in [0.25, 0.3) is 0 Å². The predicted octanol–water partition coefficient (Wildman–Crippen LogP) is 4.48. The number of carboxylic acids is 1. The van der Waals surface area contributed by atoms with Crippen molar-refractivity contribution in [3.63, 3.8) is 0 Å². The highest BCUT2D eigenvalue weighted by atomic mass is 16.4. The van der Waals surface area contributed by atoms with Gasteiger partial charge in [0.1, 0.15) is 0 Å². The van der Waals surface area contributed by atoms with E-state index in [4.69, 9.17) is 5.11 Å². The molecule has 4 nitrogen and oxygen atoms in total. The Morgan fingerprint density at radius 3 is 2.36 bits per heavy atom. The van der Waals surface area contributed by atoms with Gasteiger partial charge >= 0.3 is 5.97 Å². The number of carboxylic acid groups (broad SMARTS) is 1. The zero-order valence-electron chi connectivity index (χ0n) is 17.9. The number of aliphatic carboxylic acids is 1. The summed E-state index contributed by atoms with van der Waals surface area (Å²) in [5.41, 5.74) is 0.478. The van der Waals surface area contributed by atoms with Crippen LogP contribution in [0.15, 0.2) is 0 Å². The second-order valence-corrected chi connectivity index (χ2v) is 11.4. The molecule has 0 amide bonds. The largest absolute Gasteiger partial charge is 0.481 e. The minimum absolute atomic E-state index is 0.176. The lowest BCUT2D eigenvalue weighted by atomic mass is 9.44. The molecule has 0 radical (unpaired) electrons. The van der Waals surface area contributed by atoms with E-state index in [-0.39, 0.29) is 30.0 Å². The van der Waals surface area contributed by atoms with E-state index in [0.717, 1.165) is 32.1 Å². The minimum Gasteiger partial charge on any atom is -0.481 e. The maximum atomic E-state index is 11.1. The van der Waals surface area contributed by atoms with Gasteiger partial charge in [0.2, 0.25) is 0 Å². The second-order valence-electron chi connectivity index (χ2n) is 11.4. The Labute approximate surface area is 170 Å². The molecule has 0 bridgehead atoms. The van der Waals surface area contributed by atoms with Crippen LogP contribution in [0.4, 0.5) is 0 Å². The van der Waals surface area contributed by atoms with Gasteiger partial charge in [0, 0.05) is 6.42 Å². The van der Waals surface area contributed by atoms with Gasteiger partial charge in [-0.25, -0.2) is 0 Å². The zero-order chi connectivity index (χ0) is 20.3. The van der Waals surface area contributed by atoms with Crippen molar-refractivity contribution in [3.8, 4) is 0 Å². The third-order valence-electron chi connectivity index (χ3n) is 10.2. The highest BCUT2D eigenvalue weighted by Gasteiger charge is 2.62. The van der Waals surface area contributed by atoms with Crippen molar-refractivity contribution in [3.05, 3.63) is 0 Å². The highest BCUT2D eigenvalue weighted by Crippen LogP contribution is 2.68. The molecule has 0 aromatic heterocycles. The minimum atomic E-state index is -0.677. The van der Waals surface area contributed by atoms with Crippen LogP contribution < -0.4 is 0 Å². The van der Waals surface area contributed by atoms with Crippen LogP contribution in [0, 0.1) is 46.3 Å². The van der Waals surface area contributed by atoms with Gasteiger partial charge in [0.15, 0.2) is 0 Å². The molecule has 0 aromatic carbocycles. The number of hydrogen-bond acceptors (Lipinski definition) is 3. The smallest absolute Gasteiger partial charge is 0.303 e. The first kappa shape index (κ1) is 20.7. The molecular formula is C24H40O4. The van der Waals surface area contributed by atoms with E-state index in [9.17, 15) is 15.0 Å². The van der Waals surface area contributed by atoms with Crippen molar-refractivity contribution in [1.82, 2.24) is 0 Å². The third kappa shape index (κ3) is 3.14. The van der Waals surface area contributed by atoms with E-state index in [2.05, 4.69) is 20.8 Å². The molecule has 4 saturated carbocycles. The van der Waals surface area contributed by atoms with Gasteiger partial charge in [-0.05, 0) is 104 Å². The molecule has 3 N–H and O–H groups in total. The van der Waals surface area contributed by atoms with Gasteiger partial charge in [-0.3, -0.25) is 4.79 Å². The fraction of sp³-hybridized carbons (Fsp3) is 0.958. The van der Waals surface area contributed by atoms with E-state index >= 15 is 0 Å². The normalized spacial score (nSPS) is 51.7. The molecule has 0 unspecified atom stereocenters. The quantitative estimate of drug-likeness (QED) is 0.659. The average molecular weight is 393 g/mol. The van der Waals surface area contributed by atoms with Crippen molar-refractivity contribution in [2.45, 2.75) is 97.2 Å². The molecule has 4 fully saturated rings. The molecule has 160 valence electrons. The van der Waals surface area contributed by atoms with E-state index in [1.54, 1.807) is 0 Å². The molecule has 0 spiro atoms. The lowest BCUT2D eigenvalue weighted by molar-refractivity contribution is -0.172. The Kier molecular flexibility index (Phi) is 5.36. The SMILES string of the molecule is C[C@H](CCC(=O)O)[C@H]1CC[C@H]2[C@@H]3C[C@@H](O)[C@H]4C[C@@H](O)CC[C@]4(C)[C@H]3CC[C@]12C.